The minimum Gasteiger partial charge on any atom is -0.407 e. The van der Waals surface area contributed by atoms with Gasteiger partial charge in [0.05, 0.1) is 0 Å². The molecule has 0 saturated heterocycles. The van der Waals surface area contributed by atoms with Crippen LogP contribution in [0, 0.1) is 5.92 Å². The molecule has 4 rings (SSSR count). The molecule has 3 heteroatoms. The van der Waals surface area contributed by atoms with Gasteiger partial charge in [-0.25, -0.2) is 0 Å². The van der Waals surface area contributed by atoms with E-state index in [0.717, 1.165) is 32.7 Å². The van der Waals surface area contributed by atoms with Gasteiger partial charge in [0.1, 0.15) is 0 Å². The fourth-order valence-corrected chi connectivity index (χ4v) is 10.1. The van der Waals surface area contributed by atoms with Crippen LogP contribution >= 0.6 is 0 Å². The largest absolute Gasteiger partial charge is 0.407 e. The molecular formula is C32H41NOSi. The van der Waals surface area contributed by atoms with Crippen molar-refractivity contribution in [3.8, 4) is 0 Å². The number of hydrogen-bond acceptors (Lipinski definition) is 2. The second-order valence-corrected chi connectivity index (χ2v) is 15.2. The lowest BCUT2D eigenvalue weighted by atomic mass is 9.98. The lowest BCUT2D eigenvalue weighted by molar-refractivity contribution is 0.237. The molecule has 1 aliphatic rings. The van der Waals surface area contributed by atoms with Crippen LogP contribution in [0.2, 0.25) is 5.04 Å². The first kappa shape index (κ1) is 25.6. The van der Waals surface area contributed by atoms with Gasteiger partial charge in [0.15, 0.2) is 0 Å². The third-order valence-corrected chi connectivity index (χ3v) is 12.3. The minimum absolute atomic E-state index is 0.0414. The van der Waals surface area contributed by atoms with E-state index in [1.807, 2.05) is 0 Å². The van der Waals surface area contributed by atoms with E-state index in [2.05, 4.69) is 129 Å². The summed E-state index contributed by atoms with van der Waals surface area (Å²) in [5.74, 6) is 0.639. The van der Waals surface area contributed by atoms with Crippen LogP contribution in [0.15, 0.2) is 103 Å². The first-order valence-electron chi connectivity index (χ1n) is 13.2. The monoisotopic (exact) mass is 483 g/mol. The first-order chi connectivity index (χ1) is 17.0. The molecule has 1 atom stereocenters. The Morgan fingerprint density at radius 1 is 0.800 bits per heavy atom. The molecule has 0 spiro atoms. The maximum atomic E-state index is 7.07. The van der Waals surface area contributed by atoms with Gasteiger partial charge in [-0.05, 0) is 39.7 Å². The summed E-state index contributed by atoms with van der Waals surface area (Å²) in [6.07, 6.45) is 8.33. The predicted molar refractivity (Wildman–Crippen MR) is 152 cm³/mol. The molecule has 0 fully saturated rings. The summed E-state index contributed by atoms with van der Waals surface area (Å²) in [7, 11) is -2.42. The summed E-state index contributed by atoms with van der Waals surface area (Å²) in [6.45, 7) is 11.1. The highest BCUT2D eigenvalue weighted by atomic mass is 28.4. The van der Waals surface area contributed by atoms with Crippen molar-refractivity contribution in [2.24, 2.45) is 5.92 Å². The van der Waals surface area contributed by atoms with E-state index in [1.54, 1.807) is 0 Å². The zero-order chi connectivity index (χ0) is 24.6. The predicted octanol–water partition coefficient (Wildman–Crippen LogP) is 6.42. The molecule has 1 unspecified atom stereocenters. The summed E-state index contributed by atoms with van der Waals surface area (Å²) in [5, 5.41) is 2.77. The van der Waals surface area contributed by atoms with Gasteiger partial charge in [-0.3, -0.25) is 4.90 Å². The Labute approximate surface area is 213 Å². The molecule has 0 amide bonds. The van der Waals surface area contributed by atoms with Crippen molar-refractivity contribution in [3.63, 3.8) is 0 Å². The Morgan fingerprint density at radius 3 is 1.94 bits per heavy atom. The third-order valence-electron chi connectivity index (χ3n) is 7.22. The highest BCUT2D eigenvalue weighted by Gasteiger charge is 2.49. The number of benzene rings is 3. The van der Waals surface area contributed by atoms with Gasteiger partial charge in [-0.15, -0.1) is 0 Å². The molecule has 1 aliphatic heterocycles. The molecule has 3 aromatic carbocycles. The highest BCUT2D eigenvalue weighted by Crippen LogP contribution is 2.37. The van der Waals surface area contributed by atoms with Crippen LogP contribution in [-0.2, 0) is 11.0 Å². The van der Waals surface area contributed by atoms with Gasteiger partial charge < -0.3 is 4.43 Å². The summed E-state index contributed by atoms with van der Waals surface area (Å²) in [6, 6.07) is 32.8. The standard InChI is InChI=1S/C32H41NOSi/c1-32(2,3)35(30-20-9-5-10-21-30,31-22-11-6-12-23-31)34-25-14-13-18-29-19-15-24-33(27-29)26-28-16-7-4-8-17-28/h4-12,15-17,19-23,29H,13-14,18,24-27H2,1-3H3. The molecule has 184 valence electrons. The van der Waals surface area contributed by atoms with Crippen LogP contribution in [-0.4, -0.2) is 32.9 Å². The van der Waals surface area contributed by atoms with Crippen LogP contribution in [0.5, 0.6) is 0 Å². The molecule has 0 radical (unpaired) electrons. The Kier molecular flexibility index (Phi) is 8.77. The van der Waals surface area contributed by atoms with Crippen LogP contribution in [0.4, 0.5) is 0 Å². The maximum absolute atomic E-state index is 7.07. The van der Waals surface area contributed by atoms with Crippen LogP contribution < -0.4 is 10.4 Å². The molecule has 35 heavy (non-hydrogen) atoms. The van der Waals surface area contributed by atoms with Crippen LogP contribution in [0.1, 0.15) is 45.6 Å². The quantitative estimate of drug-likeness (QED) is 0.187. The molecule has 2 nitrogen and oxygen atoms in total. The Morgan fingerprint density at radius 2 is 1.37 bits per heavy atom. The zero-order valence-electron chi connectivity index (χ0n) is 21.7. The summed E-state index contributed by atoms with van der Waals surface area (Å²) in [5.41, 5.74) is 1.40. The molecule has 0 saturated carbocycles. The number of unbranched alkanes of at least 4 members (excludes halogenated alkanes) is 1. The molecule has 1 heterocycles. The molecule has 0 aromatic heterocycles. The second-order valence-electron chi connectivity index (χ2n) is 10.9. The van der Waals surface area contributed by atoms with E-state index >= 15 is 0 Å². The fourth-order valence-electron chi connectivity index (χ4n) is 5.52. The van der Waals surface area contributed by atoms with Crippen molar-refractivity contribution < 1.29 is 4.43 Å². The number of nitrogens with zero attached hydrogens (tertiary/aromatic N) is 1. The van der Waals surface area contributed by atoms with Crippen molar-refractivity contribution in [3.05, 3.63) is 109 Å². The van der Waals surface area contributed by atoms with Crippen LogP contribution in [0.3, 0.4) is 0 Å². The smallest absolute Gasteiger partial charge is 0.261 e. The lowest BCUT2D eigenvalue weighted by Gasteiger charge is -2.43. The molecular weight excluding hydrogens is 442 g/mol. The Hall–Kier alpha value is -2.46. The fraction of sp³-hybridized carbons (Fsp3) is 0.375. The van der Waals surface area contributed by atoms with Crippen molar-refractivity contribution in [1.29, 1.82) is 0 Å². The molecule has 0 aliphatic carbocycles. The van der Waals surface area contributed by atoms with Crippen LogP contribution in [0.25, 0.3) is 0 Å². The van der Waals surface area contributed by atoms with Crippen molar-refractivity contribution in [1.82, 2.24) is 4.90 Å². The lowest BCUT2D eigenvalue weighted by Crippen LogP contribution is -2.66. The van der Waals surface area contributed by atoms with E-state index < -0.39 is 8.32 Å². The summed E-state index contributed by atoms with van der Waals surface area (Å²) in [4.78, 5) is 2.57. The number of rotatable bonds is 10. The Bertz CT molecular complexity index is 1000. The average molecular weight is 484 g/mol. The third kappa shape index (κ3) is 6.41. The zero-order valence-corrected chi connectivity index (χ0v) is 22.7. The van der Waals surface area contributed by atoms with E-state index in [1.165, 1.54) is 28.8 Å². The average Bonchev–Trinajstić information content (AvgIpc) is 2.87. The van der Waals surface area contributed by atoms with E-state index in [0.29, 0.717) is 5.92 Å². The highest BCUT2D eigenvalue weighted by molar-refractivity contribution is 6.99. The van der Waals surface area contributed by atoms with Gasteiger partial charge in [0, 0.05) is 26.2 Å². The van der Waals surface area contributed by atoms with E-state index in [9.17, 15) is 0 Å². The van der Waals surface area contributed by atoms with Gasteiger partial charge in [0.25, 0.3) is 8.32 Å². The number of hydrogen-bond donors (Lipinski definition) is 0. The Balaban J connectivity index is 1.36. The van der Waals surface area contributed by atoms with Crippen molar-refractivity contribution in [2.75, 3.05) is 19.7 Å². The van der Waals surface area contributed by atoms with Crippen molar-refractivity contribution >= 4 is 18.7 Å². The molecule has 0 N–H and O–H groups in total. The van der Waals surface area contributed by atoms with Gasteiger partial charge >= 0.3 is 0 Å². The van der Waals surface area contributed by atoms with Gasteiger partial charge in [-0.2, -0.15) is 0 Å². The summed E-state index contributed by atoms with van der Waals surface area (Å²) < 4.78 is 7.07. The molecule has 0 bridgehead atoms. The second kappa shape index (κ2) is 12.0. The molecule has 3 aromatic rings. The van der Waals surface area contributed by atoms with Gasteiger partial charge in [-0.1, -0.05) is 130 Å². The maximum Gasteiger partial charge on any atom is 0.261 e. The first-order valence-corrected chi connectivity index (χ1v) is 15.1. The van der Waals surface area contributed by atoms with Gasteiger partial charge in [0.2, 0.25) is 0 Å². The minimum atomic E-state index is -2.42. The van der Waals surface area contributed by atoms with E-state index in [-0.39, 0.29) is 5.04 Å². The summed E-state index contributed by atoms with van der Waals surface area (Å²) >= 11 is 0. The normalized spacial score (nSPS) is 16.9. The SMILES string of the molecule is CC(C)(C)[Si](OCCCCC1C=CCN(Cc2ccccc2)C1)(c1ccccc1)c1ccccc1. The topological polar surface area (TPSA) is 12.5 Å². The van der Waals surface area contributed by atoms with E-state index in [4.69, 9.17) is 4.43 Å². The van der Waals surface area contributed by atoms with Crippen molar-refractivity contribution in [2.45, 2.75) is 51.6 Å².